The second kappa shape index (κ2) is 6.39. The number of nitrogens with one attached hydrogen (secondary N) is 1. The third-order valence-corrected chi connectivity index (χ3v) is 6.62. The molecule has 0 unspecified atom stereocenters. The summed E-state index contributed by atoms with van der Waals surface area (Å²) in [6.45, 7) is 1.79. The molecule has 4 saturated carbocycles. The van der Waals surface area contributed by atoms with Crippen LogP contribution in [0.2, 0.25) is 0 Å². The van der Waals surface area contributed by atoms with Gasteiger partial charge >= 0.3 is 0 Å². The minimum absolute atomic E-state index is 0.0205. The van der Waals surface area contributed by atoms with Gasteiger partial charge in [-0.15, -0.1) is 0 Å². The van der Waals surface area contributed by atoms with Crippen LogP contribution in [0.5, 0.6) is 0 Å². The highest BCUT2D eigenvalue weighted by Gasteiger charge is 2.51. The van der Waals surface area contributed by atoms with E-state index in [9.17, 15) is 4.79 Å². The minimum atomic E-state index is -0.0573. The fraction of sp³-hybridized carbons (Fsp3) is 0.545. The third kappa shape index (κ3) is 3.24. The molecule has 5 nitrogen and oxygen atoms in total. The zero-order valence-corrected chi connectivity index (χ0v) is 15.7. The number of amides is 1. The number of hydrogen-bond acceptors (Lipinski definition) is 4. The number of para-hydroxylation sites is 1. The number of fused-ring (bicyclic) bond motifs is 1. The van der Waals surface area contributed by atoms with E-state index in [-0.39, 0.29) is 18.1 Å². The van der Waals surface area contributed by atoms with Gasteiger partial charge in [-0.05, 0) is 75.3 Å². The maximum absolute atomic E-state index is 12.5. The number of benzene rings is 1. The van der Waals surface area contributed by atoms with Crippen LogP contribution >= 0.6 is 0 Å². The summed E-state index contributed by atoms with van der Waals surface area (Å²) in [6, 6.07) is 9.76. The molecule has 142 valence electrons. The number of nitrogens with zero attached hydrogens (tertiary/aromatic N) is 1. The first kappa shape index (κ1) is 16.8. The zero-order chi connectivity index (χ0) is 18.4. The van der Waals surface area contributed by atoms with Crippen LogP contribution in [0.15, 0.2) is 39.9 Å². The Balaban J connectivity index is 1.19. The molecule has 4 fully saturated rings. The number of hydrogen-bond donors (Lipinski definition) is 1. The average molecular weight is 366 g/mol. The topological polar surface area (TPSA) is 63.8 Å². The Hall–Kier alpha value is -2.30. The van der Waals surface area contributed by atoms with Crippen molar-refractivity contribution in [1.82, 2.24) is 5.32 Å². The van der Waals surface area contributed by atoms with Crippen molar-refractivity contribution in [3.63, 3.8) is 0 Å². The molecule has 4 bridgehead atoms. The van der Waals surface area contributed by atoms with E-state index in [4.69, 9.17) is 9.25 Å². The van der Waals surface area contributed by atoms with Crippen LogP contribution in [0.4, 0.5) is 0 Å². The van der Waals surface area contributed by atoms with Crippen molar-refractivity contribution in [2.24, 2.45) is 22.9 Å². The number of oxime groups is 1. The molecule has 0 saturated heterocycles. The second-order valence-corrected chi connectivity index (χ2v) is 8.84. The molecule has 0 aliphatic heterocycles. The largest absolute Gasteiger partial charge is 0.455 e. The SMILES string of the molecule is CC(=NOCC(=O)NC12CC3CC(CC(C3)C1)C2)c1cc2ccccc2o1. The number of carbonyl (C=O) groups excluding carboxylic acids is 1. The predicted octanol–water partition coefficient (Wildman–Crippen LogP) is 4.26. The van der Waals surface area contributed by atoms with E-state index in [0.29, 0.717) is 11.5 Å². The molecule has 4 aliphatic carbocycles. The lowest BCUT2D eigenvalue weighted by molar-refractivity contribution is -0.131. The first-order valence-electron chi connectivity index (χ1n) is 10.1. The first-order valence-corrected chi connectivity index (χ1v) is 10.1. The molecule has 6 rings (SSSR count). The number of rotatable bonds is 5. The third-order valence-electron chi connectivity index (χ3n) is 6.62. The zero-order valence-electron chi connectivity index (χ0n) is 15.7. The molecule has 4 aliphatic rings. The van der Waals surface area contributed by atoms with Crippen LogP contribution < -0.4 is 5.32 Å². The summed E-state index contributed by atoms with van der Waals surface area (Å²) < 4.78 is 5.77. The second-order valence-electron chi connectivity index (χ2n) is 8.84. The van der Waals surface area contributed by atoms with Crippen LogP contribution in [-0.4, -0.2) is 23.8 Å². The van der Waals surface area contributed by atoms with Gasteiger partial charge in [0.05, 0.1) is 0 Å². The summed E-state index contributed by atoms with van der Waals surface area (Å²) in [5, 5.41) is 8.42. The molecule has 5 heteroatoms. The Bertz CT molecular complexity index is 830. The smallest absolute Gasteiger partial charge is 0.261 e. The summed E-state index contributed by atoms with van der Waals surface area (Å²) in [5.74, 6) is 3.04. The van der Waals surface area contributed by atoms with Gasteiger partial charge in [0.25, 0.3) is 5.91 Å². The lowest BCUT2D eigenvalue weighted by Crippen LogP contribution is -2.60. The molecule has 0 spiro atoms. The molecule has 0 radical (unpaired) electrons. The maximum atomic E-state index is 12.5. The van der Waals surface area contributed by atoms with E-state index < -0.39 is 0 Å². The van der Waals surface area contributed by atoms with E-state index in [2.05, 4.69) is 10.5 Å². The lowest BCUT2D eigenvalue weighted by atomic mass is 9.53. The fourth-order valence-electron chi connectivity index (χ4n) is 5.99. The summed E-state index contributed by atoms with van der Waals surface area (Å²) >= 11 is 0. The Morgan fingerprint density at radius 1 is 1.19 bits per heavy atom. The van der Waals surface area contributed by atoms with Crippen LogP contribution in [-0.2, 0) is 9.63 Å². The first-order chi connectivity index (χ1) is 13.1. The molecule has 1 amide bonds. The molecular formula is C22H26N2O3. The highest BCUT2D eigenvalue weighted by atomic mass is 16.6. The van der Waals surface area contributed by atoms with Crippen LogP contribution in [0, 0.1) is 17.8 Å². The van der Waals surface area contributed by atoms with Crippen LogP contribution in [0.25, 0.3) is 11.0 Å². The van der Waals surface area contributed by atoms with Crippen LogP contribution in [0.1, 0.15) is 51.2 Å². The van der Waals surface area contributed by atoms with Crippen molar-refractivity contribution < 1.29 is 14.0 Å². The molecule has 1 aromatic heterocycles. The van der Waals surface area contributed by atoms with Crippen molar-refractivity contribution in [3.05, 3.63) is 36.1 Å². The quantitative estimate of drug-likeness (QED) is 0.635. The van der Waals surface area contributed by atoms with Gasteiger partial charge in [0, 0.05) is 10.9 Å². The Morgan fingerprint density at radius 3 is 2.52 bits per heavy atom. The normalized spacial score (nSPS) is 32.0. The number of furan rings is 1. The minimum Gasteiger partial charge on any atom is -0.455 e. The van der Waals surface area contributed by atoms with Gasteiger partial charge in [0.1, 0.15) is 11.3 Å². The van der Waals surface area contributed by atoms with Crippen molar-refractivity contribution >= 4 is 22.6 Å². The molecule has 2 aromatic rings. The van der Waals surface area contributed by atoms with Gasteiger partial charge in [-0.25, -0.2) is 0 Å². The van der Waals surface area contributed by atoms with E-state index in [1.807, 2.05) is 37.3 Å². The van der Waals surface area contributed by atoms with Crippen molar-refractivity contribution in [1.29, 1.82) is 0 Å². The van der Waals surface area contributed by atoms with Gasteiger partial charge in [0.2, 0.25) is 0 Å². The molecular weight excluding hydrogens is 340 g/mol. The standard InChI is InChI=1S/C22H26N2O3/c1-14(20-9-18-4-2-3-5-19(18)27-20)24-26-13-21(25)23-22-10-15-6-16(11-22)8-17(7-15)12-22/h2-5,9,15-17H,6-8,10-13H2,1H3,(H,23,25). The van der Waals surface area contributed by atoms with Crippen molar-refractivity contribution in [2.45, 2.75) is 51.0 Å². The van der Waals surface area contributed by atoms with Gasteiger partial charge in [-0.2, -0.15) is 0 Å². The molecule has 0 atom stereocenters. The highest BCUT2D eigenvalue weighted by Crippen LogP contribution is 2.55. The van der Waals surface area contributed by atoms with Crippen molar-refractivity contribution in [3.8, 4) is 0 Å². The average Bonchev–Trinajstić information content (AvgIpc) is 3.04. The maximum Gasteiger partial charge on any atom is 0.261 e. The molecule has 1 heterocycles. The fourth-order valence-corrected chi connectivity index (χ4v) is 5.99. The Morgan fingerprint density at radius 2 is 1.85 bits per heavy atom. The van der Waals surface area contributed by atoms with Crippen LogP contribution in [0.3, 0.4) is 0 Å². The Kier molecular flexibility index (Phi) is 3.99. The summed E-state index contributed by atoms with van der Waals surface area (Å²) in [5.41, 5.74) is 1.47. The molecule has 27 heavy (non-hydrogen) atoms. The lowest BCUT2D eigenvalue weighted by Gasteiger charge is -2.56. The Labute approximate surface area is 159 Å². The van der Waals surface area contributed by atoms with Gasteiger partial charge in [-0.3, -0.25) is 4.79 Å². The van der Waals surface area contributed by atoms with E-state index in [0.717, 1.165) is 48.0 Å². The summed E-state index contributed by atoms with van der Waals surface area (Å²) in [7, 11) is 0. The van der Waals surface area contributed by atoms with Gasteiger partial charge in [-0.1, -0.05) is 23.4 Å². The molecule has 1 aromatic carbocycles. The van der Waals surface area contributed by atoms with Gasteiger partial charge in [0.15, 0.2) is 12.4 Å². The predicted molar refractivity (Wildman–Crippen MR) is 103 cm³/mol. The number of carbonyl (C=O) groups is 1. The van der Waals surface area contributed by atoms with E-state index in [1.165, 1.54) is 19.3 Å². The van der Waals surface area contributed by atoms with Gasteiger partial charge < -0.3 is 14.6 Å². The van der Waals surface area contributed by atoms with E-state index >= 15 is 0 Å². The van der Waals surface area contributed by atoms with E-state index in [1.54, 1.807) is 0 Å². The summed E-state index contributed by atoms with van der Waals surface area (Å²) in [6.07, 6.45) is 7.54. The van der Waals surface area contributed by atoms with Crippen molar-refractivity contribution in [2.75, 3.05) is 6.61 Å². The highest BCUT2D eigenvalue weighted by molar-refractivity contribution is 5.99. The monoisotopic (exact) mass is 366 g/mol. The molecule has 1 N–H and O–H groups in total. The summed E-state index contributed by atoms with van der Waals surface area (Å²) in [4.78, 5) is 17.8.